The molecule has 352 valence electrons. The van der Waals surface area contributed by atoms with Gasteiger partial charge in [0.1, 0.15) is 34.9 Å². The molecule has 0 fully saturated rings. The summed E-state index contributed by atoms with van der Waals surface area (Å²) in [6, 6.07) is 12.4. The van der Waals surface area contributed by atoms with Crippen LogP contribution >= 0.6 is 15.9 Å². The average molecular weight is 984 g/mol. The molecule has 8 aromatic rings. The van der Waals surface area contributed by atoms with E-state index < -0.39 is 34.3 Å². The minimum Gasteiger partial charge on any atom is -0.384 e. The first-order chi connectivity index (χ1) is 32.0. The number of nitrogens with one attached hydrogen (secondary N) is 3. The first-order valence-corrected chi connectivity index (χ1v) is 23.3. The van der Waals surface area contributed by atoms with E-state index in [0.29, 0.717) is 81.8 Å². The normalized spacial score (nSPS) is 14.0. The monoisotopic (exact) mass is 982 g/mol. The van der Waals surface area contributed by atoms with E-state index in [-0.39, 0.29) is 0 Å². The van der Waals surface area contributed by atoms with Gasteiger partial charge in [0, 0.05) is 78.7 Å². The summed E-state index contributed by atoms with van der Waals surface area (Å²) in [5.41, 5.74) is 6.53. The maximum atomic E-state index is 15.7. The highest BCUT2D eigenvalue weighted by Crippen LogP contribution is 2.46. The minimum absolute atomic E-state index is 0.381. The van der Waals surface area contributed by atoms with Gasteiger partial charge >= 0.3 is 0 Å². The second-order valence-electron chi connectivity index (χ2n) is 17.7. The number of nitrogens with zero attached hydrogens (tertiary/aromatic N) is 7. The lowest BCUT2D eigenvalue weighted by Gasteiger charge is -2.35. The summed E-state index contributed by atoms with van der Waals surface area (Å²) < 4.78 is 76.0. The molecule has 0 saturated carbocycles. The lowest BCUT2D eigenvalue weighted by atomic mass is 9.91. The first kappa shape index (κ1) is 47.5. The number of rotatable bonds is 9. The Bertz CT molecular complexity index is 3150. The smallest absolute Gasteiger partial charge is 0.162 e. The molecule has 0 bridgehead atoms. The molecule has 0 unspecified atom stereocenters. The molecule has 4 aromatic carbocycles. The van der Waals surface area contributed by atoms with Gasteiger partial charge in [0.15, 0.2) is 11.6 Å². The minimum atomic E-state index is -0.515. The van der Waals surface area contributed by atoms with Crippen molar-refractivity contribution >= 4 is 49.1 Å². The van der Waals surface area contributed by atoms with Crippen LogP contribution in [0.5, 0.6) is 0 Å². The van der Waals surface area contributed by atoms with Crippen molar-refractivity contribution in [3.05, 3.63) is 119 Å². The quantitative estimate of drug-likeness (QED) is 0.0965. The molecule has 3 N–H and O–H groups in total. The Labute approximate surface area is 395 Å². The standard InChI is InChI=1S/C25H27F2N5O.C22H21F2N5.C3H7BrO/c1-6-21-29-30-24-25(3,4)28-19-13-18(27)22(14(2)23(19)32(21)24)17-11-15(26)12-20-16(17)7-8-31(20)9-10-33-5;1-5-18-27-28-21-22(3,4)26-17-10-15(24)19(11(2)20(17)29(18)21)14-8-12(23)9-16-13(14)6-7-25-16;1-5-3-2-4/h7-8,11-13,28H,6,9-10H2,1-5H3;6-10,25-26H,5H2,1-4H3;2-3H2,1H3. The fourth-order valence-electron chi connectivity index (χ4n) is 9.39. The van der Waals surface area contributed by atoms with E-state index in [9.17, 15) is 8.78 Å². The summed E-state index contributed by atoms with van der Waals surface area (Å²) in [4.78, 5) is 3.01. The molecule has 0 saturated heterocycles. The maximum absolute atomic E-state index is 15.7. The maximum Gasteiger partial charge on any atom is 0.162 e. The van der Waals surface area contributed by atoms with Crippen LogP contribution in [0.3, 0.4) is 0 Å². The number of aromatic amines is 1. The number of hydrogen-bond donors (Lipinski definition) is 3. The molecule has 6 heterocycles. The van der Waals surface area contributed by atoms with E-state index in [4.69, 9.17) is 4.74 Å². The van der Waals surface area contributed by atoms with Crippen LogP contribution in [0.1, 0.15) is 76.0 Å². The van der Waals surface area contributed by atoms with Gasteiger partial charge in [0.2, 0.25) is 0 Å². The van der Waals surface area contributed by atoms with Crippen molar-refractivity contribution in [1.29, 1.82) is 0 Å². The van der Waals surface area contributed by atoms with Crippen molar-refractivity contribution in [1.82, 2.24) is 39.1 Å². The van der Waals surface area contributed by atoms with Gasteiger partial charge in [-0.05, 0) is 112 Å². The Morgan fingerprint density at radius 3 is 1.64 bits per heavy atom. The number of methoxy groups -OCH3 is 2. The lowest BCUT2D eigenvalue weighted by Crippen LogP contribution is -2.36. The molecule has 4 aromatic heterocycles. The highest BCUT2D eigenvalue weighted by molar-refractivity contribution is 9.09. The molecule has 2 aliphatic rings. The number of H-pyrrole nitrogens is 1. The van der Waals surface area contributed by atoms with E-state index in [1.165, 1.54) is 36.4 Å². The van der Waals surface area contributed by atoms with Crippen LogP contribution in [-0.2, 0) is 39.9 Å². The van der Waals surface area contributed by atoms with Crippen LogP contribution in [0, 0.1) is 37.1 Å². The number of aromatic nitrogens is 8. The topological polar surface area (TPSA) is 125 Å². The largest absolute Gasteiger partial charge is 0.384 e. The van der Waals surface area contributed by atoms with Gasteiger partial charge < -0.3 is 29.7 Å². The van der Waals surface area contributed by atoms with Crippen LogP contribution in [-0.4, -0.2) is 71.8 Å². The van der Waals surface area contributed by atoms with Crippen molar-refractivity contribution < 1.29 is 27.0 Å². The van der Waals surface area contributed by atoms with Crippen LogP contribution in [0.25, 0.3) is 55.4 Å². The van der Waals surface area contributed by atoms with Crippen molar-refractivity contribution in [3.63, 3.8) is 0 Å². The molecule has 0 spiro atoms. The number of benzene rings is 4. The van der Waals surface area contributed by atoms with E-state index in [0.717, 1.165) is 57.4 Å². The zero-order valence-corrected chi connectivity index (χ0v) is 40.9. The van der Waals surface area contributed by atoms with Gasteiger partial charge in [0.05, 0.1) is 52.6 Å². The van der Waals surface area contributed by atoms with Gasteiger partial charge in [-0.1, -0.05) is 29.8 Å². The summed E-state index contributed by atoms with van der Waals surface area (Å²) in [5.74, 6) is 1.53. The van der Waals surface area contributed by atoms with Gasteiger partial charge in [-0.25, -0.2) is 17.6 Å². The van der Waals surface area contributed by atoms with E-state index in [1.54, 1.807) is 20.4 Å². The fourth-order valence-corrected chi connectivity index (χ4v) is 9.71. The van der Waals surface area contributed by atoms with Crippen LogP contribution < -0.4 is 10.6 Å². The Morgan fingerprint density at radius 1 is 0.657 bits per heavy atom. The van der Waals surface area contributed by atoms with Crippen molar-refractivity contribution in [2.75, 3.05) is 43.4 Å². The second kappa shape index (κ2) is 18.6. The third-order valence-corrected chi connectivity index (χ3v) is 12.7. The fraction of sp³-hybridized carbons (Fsp3) is 0.360. The Morgan fingerprint density at radius 2 is 1.16 bits per heavy atom. The highest BCUT2D eigenvalue weighted by Gasteiger charge is 2.38. The molecule has 0 radical (unpaired) electrons. The molecule has 0 atom stereocenters. The third-order valence-electron chi connectivity index (χ3n) is 12.4. The number of halogens is 5. The van der Waals surface area contributed by atoms with Crippen LogP contribution in [0.2, 0.25) is 0 Å². The number of ether oxygens (including phenoxy) is 2. The summed E-state index contributed by atoms with van der Waals surface area (Å²) in [5, 5.41) is 26.8. The molecule has 2 aliphatic heterocycles. The van der Waals surface area contributed by atoms with E-state index in [1.807, 2.05) is 87.4 Å². The number of alkyl halides is 1. The first-order valence-electron chi connectivity index (χ1n) is 22.2. The summed E-state index contributed by atoms with van der Waals surface area (Å²) in [7, 11) is 3.31. The van der Waals surface area contributed by atoms with Crippen LogP contribution in [0.15, 0.2) is 60.9 Å². The molecule has 12 nitrogen and oxygen atoms in total. The molecular weight excluding hydrogens is 929 g/mol. The number of fused-ring (bicyclic) bond motifs is 8. The third kappa shape index (κ3) is 8.39. The van der Waals surface area contributed by atoms with E-state index in [2.05, 4.69) is 56.7 Å². The highest BCUT2D eigenvalue weighted by atomic mass is 79.9. The molecule has 10 rings (SSSR count). The Balaban J connectivity index is 0.000000166. The molecule has 67 heavy (non-hydrogen) atoms. The zero-order valence-electron chi connectivity index (χ0n) is 39.4. The predicted octanol–water partition coefficient (Wildman–Crippen LogP) is 11.6. The van der Waals surface area contributed by atoms with Crippen LogP contribution in [0.4, 0.5) is 28.9 Å². The zero-order chi connectivity index (χ0) is 48.1. The predicted molar refractivity (Wildman–Crippen MR) is 260 cm³/mol. The Kier molecular flexibility index (Phi) is 13.1. The SMILES string of the molecule is CCc1nnc2n1-c1c(cc(F)c(-c3cc(F)cc4[nH]ccc34)c1C)NC2(C)C.CCc1nnc2n1-c1c(cc(F)c(-c3cc(F)cc4c3ccn4CCOC)c1C)NC2(C)C.COCCBr. The van der Waals surface area contributed by atoms with Gasteiger partial charge in [-0.15, -0.1) is 20.4 Å². The number of hydrogen-bond acceptors (Lipinski definition) is 8. The van der Waals surface area contributed by atoms with Gasteiger partial charge in [0.25, 0.3) is 0 Å². The number of aryl methyl sites for hydroxylation is 2. The molecule has 0 aliphatic carbocycles. The summed E-state index contributed by atoms with van der Waals surface area (Å²) in [6.45, 7) is 17.6. The molecular formula is C50H55BrF4N10O2. The number of anilines is 2. The second-order valence-corrected chi connectivity index (χ2v) is 18.5. The van der Waals surface area contributed by atoms with Gasteiger partial charge in [-0.3, -0.25) is 9.13 Å². The van der Waals surface area contributed by atoms with Crippen molar-refractivity contribution in [2.45, 2.75) is 85.9 Å². The lowest BCUT2D eigenvalue weighted by molar-refractivity contribution is 0.188. The molecule has 0 amide bonds. The van der Waals surface area contributed by atoms with Gasteiger partial charge in [-0.2, -0.15) is 0 Å². The van der Waals surface area contributed by atoms with Crippen molar-refractivity contribution in [2.24, 2.45) is 0 Å². The average Bonchev–Trinajstić information content (AvgIpc) is 4.09. The van der Waals surface area contributed by atoms with Crippen molar-refractivity contribution in [3.8, 4) is 33.6 Å². The van der Waals surface area contributed by atoms with E-state index >= 15 is 8.78 Å². The molecule has 17 heteroatoms. The summed E-state index contributed by atoms with van der Waals surface area (Å²) >= 11 is 3.18. The Hall–Kier alpha value is -6.04. The summed E-state index contributed by atoms with van der Waals surface area (Å²) in [6.07, 6.45) is 4.99.